The molecule has 4 nitrogen and oxygen atoms in total. The highest BCUT2D eigenvalue weighted by molar-refractivity contribution is 5.92. The van der Waals surface area contributed by atoms with Gasteiger partial charge in [0.1, 0.15) is 0 Å². The number of aromatic nitrogens is 3. The van der Waals surface area contributed by atoms with Gasteiger partial charge in [-0.15, -0.1) is 10.2 Å². The summed E-state index contributed by atoms with van der Waals surface area (Å²) < 4.78 is 2.26. The van der Waals surface area contributed by atoms with Crippen LogP contribution in [0.3, 0.4) is 0 Å². The molecule has 0 atom stereocenters. The highest BCUT2D eigenvalue weighted by atomic mass is 15.3. The molecule has 4 heteroatoms. The Kier molecular flexibility index (Phi) is 3.02. The van der Waals surface area contributed by atoms with Crippen LogP contribution in [-0.2, 0) is 12.0 Å². The normalized spacial score (nSPS) is 14.8. The van der Waals surface area contributed by atoms with Crippen LogP contribution in [0.5, 0.6) is 0 Å². The lowest BCUT2D eigenvalue weighted by Crippen LogP contribution is -2.34. The van der Waals surface area contributed by atoms with E-state index < -0.39 is 0 Å². The van der Waals surface area contributed by atoms with E-state index in [1.165, 1.54) is 21.9 Å². The molecule has 26 heavy (non-hydrogen) atoms. The summed E-state index contributed by atoms with van der Waals surface area (Å²) in [5, 5.41) is 11.7. The van der Waals surface area contributed by atoms with Crippen LogP contribution in [-0.4, -0.2) is 14.8 Å². The minimum Gasteiger partial charge on any atom is -0.399 e. The maximum Gasteiger partial charge on any atom is 0.165 e. The molecule has 128 valence electrons. The molecule has 2 N–H and O–H groups in total. The first-order valence-corrected chi connectivity index (χ1v) is 8.87. The highest BCUT2D eigenvalue weighted by Crippen LogP contribution is 2.42. The zero-order valence-electron chi connectivity index (χ0n) is 14.9. The summed E-state index contributed by atoms with van der Waals surface area (Å²) >= 11 is 0. The molecular weight excluding hydrogens is 320 g/mol. The summed E-state index contributed by atoms with van der Waals surface area (Å²) in [5.74, 6) is 1.80. The molecule has 2 heterocycles. The maximum absolute atomic E-state index is 5.99. The minimum absolute atomic E-state index is 0.129. The average Bonchev–Trinajstić information content (AvgIpc) is 3.08. The van der Waals surface area contributed by atoms with E-state index in [9.17, 15) is 0 Å². The fraction of sp³-hybridized carbons (Fsp3) is 0.182. The third-order valence-electron chi connectivity index (χ3n) is 5.30. The van der Waals surface area contributed by atoms with Gasteiger partial charge in [-0.25, -0.2) is 0 Å². The molecule has 1 aromatic heterocycles. The molecule has 0 radical (unpaired) electrons. The first kappa shape index (κ1) is 15.1. The van der Waals surface area contributed by atoms with Crippen molar-refractivity contribution in [2.24, 2.45) is 0 Å². The third-order valence-corrected chi connectivity index (χ3v) is 5.30. The van der Waals surface area contributed by atoms with Gasteiger partial charge in [0.05, 0.1) is 0 Å². The summed E-state index contributed by atoms with van der Waals surface area (Å²) in [6.07, 6.45) is 0.935. The van der Waals surface area contributed by atoms with Crippen LogP contribution in [0.1, 0.15) is 19.4 Å². The zero-order chi connectivity index (χ0) is 17.9. The predicted molar refractivity (Wildman–Crippen MR) is 106 cm³/mol. The fourth-order valence-corrected chi connectivity index (χ4v) is 4.14. The van der Waals surface area contributed by atoms with Crippen molar-refractivity contribution < 1.29 is 0 Å². The third kappa shape index (κ3) is 2.08. The minimum atomic E-state index is -0.129. The monoisotopic (exact) mass is 340 g/mol. The molecule has 0 amide bonds. The van der Waals surface area contributed by atoms with Gasteiger partial charge in [0.15, 0.2) is 11.6 Å². The standard InChI is InChI=1S/C22H20N4/c1-22(2)13-19-17-9-4-3-6-14(17)10-11-18(19)21-25-24-20(26(21)22)15-7-5-8-16(23)12-15/h3-12H,13,23H2,1-2H3. The molecule has 0 saturated carbocycles. The van der Waals surface area contributed by atoms with Crippen molar-refractivity contribution in [2.45, 2.75) is 25.8 Å². The number of benzene rings is 3. The van der Waals surface area contributed by atoms with E-state index in [-0.39, 0.29) is 5.54 Å². The Labute approximate surface area is 152 Å². The molecule has 1 aliphatic rings. The maximum atomic E-state index is 5.99. The Bertz CT molecular complexity index is 1150. The van der Waals surface area contributed by atoms with Gasteiger partial charge in [-0.2, -0.15) is 0 Å². The van der Waals surface area contributed by atoms with Crippen molar-refractivity contribution >= 4 is 16.5 Å². The molecule has 0 bridgehead atoms. The van der Waals surface area contributed by atoms with Crippen LogP contribution >= 0.6 is 0 Å². The van der Waals surface area contributed by atoms with E-state index in [1.807, 2.05) is 24.3 Å². The molecule has 0 saturated heterocycles. The van der Waals surface area contributed by atoms with Gasteiger partial charge in [0.25, 0.3) is 0 Å². The van der Waals surface area contributed by atoms with E-state index in [4.69, 9.17) is 5.73 Å². The van der Waals surface area contributed by atoms with Crippen molar-refractivity contribution in [3.8, 4) is 22.8 Å². The summed E-state index contributed by atoms with van der Waals surface area (Å²) in [5.41, 5.74) is 10.1. The molecule has 1 aliphatic heterocycles. The van der Waals surface area contributed by atoms with Crippen molar-refractivity contribution in [2.75, 3.05) is 5.73 Å². The molecule has 0 unspecified atom stereocenters. The number of nitrogens with zero attached hydrogens (tertiary/aromatic N) is 3. The van der Waals surface area contributed by atoms with Gasteiger partial charge in [0.2, 0.25) is 0 Å². The van der Waals surface area contributed by atoms with E-state index in [0.29, 0.717) is 0 Å². The lowest BCUT2D eigenvalue weighted by molar-refractivity contribution is 0.352. The van der Waals surface area contributed by atoms with Gasteiger partial charge >= 0.3 is 0 Å². The van der Waals surface area contributed by atoms with Crippen molar-refractivity contribution in [3.63, 3.8) is 0 Å². The molecular formula is C22H20N4. The van der Waals surface area contributed by atoms with Crippen LogP contribution in [0.4, 0.5) is 5.69 Å². The van der Waals surface area contributed by atoms with Gasteiger partial charge < -0.3 is 10.3 Å². The number of hydrogen-bond donors (Lipinski definition) is 1. The summed E-state index contributed by atoms with van der Waals surface area (Å²) in [6.45, 7) is 4.50. The number of hydrogen-bond acceptors (Lipinski definition) is 3. The molecule has 0 aliphatic carbocycles. The predicted octanol–water partition coefficient (Wildman–Crippen LogP) is 4.64. The summed E-state index contributed by atoms with van der Waals surface area (Å²) in [4.78, 5) is 0. The Morgan fingerprint density at radius 2 is 1.73 bits per heavy atom. The van der Waals surface area contributed by atoms with Crippen molar-refractivity contribution in [1.29, 1.82) is 0 Å². The van der Waals surface area contributed by atoms with Gasteiger partial charge in [-0.05, 0) is 48.7 Å². The van der Waals surface area contributed by atoms with Crippen molar-refractivity contribution in [3.05, 3.63) is 66.2 Å². The first-order chi connectivity index (χ1) is 12.5. The van der Waals surface area contributed by atoms with Crippen LogP contribution < -0.4 is 5.73 Å². The van der Waals surface area contributed by atoms with E-state index >= 15 is 0 Å². The molecule has 0 fully saturated rings. The van der Waals surface area contributed by atoms with Crippen LogP contribution in [0.2, 0.25) is 0 Å². The van der Waals surface area contributed by atoms with E-state index in [0.717, 1.165) is 29.3 Å². The highest BCUT2D eigenvalue weighted by Gasteiger charge is 2.35. The Morgan fingerprint density at radius 3 is 2.58 bits per heavy atom. The summed E-state index contributed by atoms with van der Waals surface area (Å²) in [6, 6.07) is 20.8. The second-order valence-electron chi connectivity index (χ2n) is 7.61. The van der Waals surface area contributed by atoms with E-state index in [2.05, 4.69) is 65.0 Å². The largest absolute Gasteiger partial charge is 0.399 e. The number of fused-ring (bicyclic) bond motifs is 5. The van der Waals surface area contributed by atoms with Crippen LogP contribution in [0.15, 0.2) is 60.7 Å². The van der Waals surface area contributed by atoms with Crippen LogP contribution in [0, 0.1) is 0 Å². The SMILES string of the molecule is CC1(C)Cc2c(ccc3ccccc23)-c2nnc(-c3cccc(N)c3)n21. The van der Waals surface area contributed by atoms with Crippen LogP contribution in [0.25, 0.3) is 33.5 Å². The van der Waals surface area contributed by atoms with Gasteiger partial charge in [-0.3, -0.25) is 0 Å². The smallest absolute Gasteiger partial charge is 0.165 e. The number of nitrogen functional groups attached to an aromatic ring is 1. The number of nitrogens with two attached hydrogens (primary N) is 1. The first-order valence-electron chi connectivity index (χ1n) is 8.87. The van der Waals surface area contributed by atoms with Gasteiger partial charge in [-0.1, -0.05) is 48.5 Å². The fourth-order valence-electron chi connectivity index (χ4n) is 4.14. The quantitative estimate of drug-likeness (QED) is 0.514. The molecule has 5 rings (SSSR count). The summed E-state index contributed by atoms with van der Waals surface area (Å²) in [7, 11) is 0. The molecule has 3 aromatic carbocycles. The van der Waals surface area contributed by atoms with Gasteiger partial charge in [0, 0.05) is 22.4 Å². The topological polar surface area (TPSA) is 56.7 Å². The Hall–Kier alpha value is -3.14. The Morgan fingerprint density at radius 1 is 0.923 bits per heavy atom. The molecule has 0 spiro atoms. The number of anilines is 1. The van der Waals surface area contributed by atoms with Crippen molar-refractivity contribution in [1.82, 2.24) is 14.8 Å². The Balaban J connectivity index is 1.80. The molecule has 4 aromatic rings. The lowest BCUT2D eigenvalue weighted by atomic mass is 9.84. The zero-order valence-corrected chi connectivity index (χ0v) is 14.9. The second kappa shape index (κ2) is 5.18. The van der Waals surface area contributed by atoms with E-state index in [1.54, 1.807) is 0 Å². The number of rotatable bonds is 1. The second-order valence-corrected chi connectivity index (χ2v) is 7.61. The lowest BCUT2D eigenvalue weighted by Gasteiger charge is -2.35. The average molecular weight is 340 g/mol.